The van der Waals surface area contributed by atoms with Crippen molar-refractivity contribution in [2.24, 2.45) is 0 Å². The maximum absolute atomic E-state index is 5.98. The van der Waals surface area contributed by atoms with E-state index >= 15 is 0 Å². The van der Waals surface area contributed by atoms with Crippen LogP contribution in [-0.2, 0) is 0 Å². The molecule has 3 nitrogen and oxygen atoms in total. The van der Waals surface area contributed by atoms with Gasteiger partial charge in [0.1, 0.15) is 0 Å². The minimum atomic E-state index is 0.814. The van der Waals surface area contributed by atoms with Crippen LogP contribution in [0.4, 0.5) is 11.4 Å². The lowest BCUT2D eigenvalue weighted by Crippen LogP contribution is -2.46. The number of hydrogen-bond donors (Lipinski definition) is 1. The SMILES string of the molecule is Cc1cc(N)cc(N2CCC(N3CCCCC3)CC2)c1. The highest BCUT2D eigenvalue weighted by Crippen LogP contribution is 2.26. The highest BCUT2D eigenvalue weighted by atomic mass is 15.2. The smallest absolute Gasteiger partial charge is 0.0389 e. The van der Waals surface area contributed by atoms with Crippen molar-refractivity contribution in [2.75, 3.05) is 36.8 Å². The van der Waals surface area contributed by atoms with E-state index in [4.69, 9.17) is 5.73 Å². The van der Waals surface area contributed by atoms with Crippen LogP contribution in [0.2, 0.25) is 0 Å². The molecule has 3 heteroatoms. The average molecular weight is 273 g/mol. The molecule has 2 saturated heterocycles. The van der Waals surface area contributed by atoms with Gasteiger partial charge in [-0.1, -0.05) is 6.42 Å². The van der Waals surface area contributed by atoms with Crippen LogP contribution >= 0.6 is 0 Å². The van der Waals surface area contributed by atoms with Crippen LogP contribution < -0.4 is 10.6 Å². The summed E-state index contributed by atoms with van der Waals surface area (Å²) in [5.41, 5.74) is 9.43. The predicted molar refractivity (Wildman–Crippen MR) is 86.3 cm³/mol. The van der Waals surface area contributed by atoms with Crippen molar-refractivity contribution in [1.82, 2.24) is 4.90 Å². The molecular weight excluding hydrogens is 246 g/mol. The largest absolute Gasteiger partial charge is 0.399 e. The number of rotatable bonds is 2. The summed E-state index contributed by atoms with van der Waals surface area (Å²) in [5.74, 6) is 0. The molecule has 110 valence electrons. The molecular formula is C17H27N3. The summed E-state index contributed by atoms with van der Waals surface area (Å²) in [4.78, 5) is 5.23. The summed E-state index contributed by atoms with van der Waals surface area (Å²) in [6, 6.07) is 7.24. The maximum Gasteiger partial charge on any atom is 0.0389 e. The Morgan fingerprint density at radius 2 is 1.65 bits per heavy atom. The van der Waals surface area contributed by atoms with Crippen LogP contribution in [0.5, 0.6) is 0 Å². The van der Waals surface area contributed by atoms with Gasteiger partial charge < -0.3 is 15.5 Å². The van der Waals surface area contributed by atoms with Gasteiger partial charge in [0.15, 0.2) is 0 Å². The van der Waals surface area contributed by atoms with Crippen LogP contribution in [0, 0.1) is 6.92 Å². The average Bonchev–Trinajstić information content (AvgIpc) is 2.47. The van der Waals surface area contributed by atoms with Crippen LogP contribution in [0.3, 0.4) is 0 Å². The topological polar surface area (TPSA) is 32.5 Å². The van der Waals surface area contributed by atoms with Gasteiger partial charge in [-0.3, -0.25) is 0 Å². The number of nitrogens with two attached hydrogens (primary N) is 1. The van der Waals surface area contributed by atoms with Crippen LogP contribution in [0.15, 0.2) is 18.2 Å². The third-order valence-electron chi connectivity index (χ3n) is 4.82. The molecule has 2 N–H and O–H groups in total. The van der Waals surface area contributed by atoms with Crippen molar-refractivity contribution < 1.29 is 0 Å². The fraction of sp³-hybridized carbons (Fsp3) is 0.647. The molecule has 0 amide bonds. The van der Waals surface area contributed by atoms with Gasteiger partial charge in [-0.05, 0) is 69.5 Å². The van der Waals surface area contributed by atoms with Crippen LogP contribution in [0.1, 0.15) is 37.7 Å². The molecule has 0 spiro atoms. The maximum atomic E-state index is 5.98. The summed E-state index contributed by atoms with van der Waals surface area (Å²) >= 11 is 0. The summed E-state index contributed by atoms with van der Waals surface area (Å²) in [6.45, 7) is 7.11. The van der Waals surface area contributed by atoms with Gasteiger partial charge in [-0.2, -0.15) is 0 Å². The quantitative estimate of drug-likeness (QED) is 0.841. The molecule has 0 saturated carbocycles. The van der Waals surface area contributed by atoms with E-state index in [0.29, 0.717) is 0 Å². The lowest BCUT2D eigenvalue weighted by Gasteiger charge is -2.41. The zero-order valence-electron chi connectivity index (χ0n) is 12.6. The van der Waals surface area contributed by atoms with E-state index < -0.39 is 0 Å². The number of aryl methyl sites for hydroxylation is 1. The summed E-state index contributed by atoms with van der Waals surface area (Å²) in [5, 5.41) is 0. The first kappa shape index (κ1) is 13.7. The number of nitrogens with zero attached hydrogens (tertiary/aromatic N) is 2. The molecule has 2 heterocycles. The number of benzene rings is 1. The lowest BCUT2D eigenvalue weighted by atomic mass is 9.99. The van der Waals surface area contributed by atoms with Gasteiger partial charge in [0.2, 0.25) is 0 Å². The molecule has 2 aliphatic heterocycles. The number of hydrogen-bond acceptors (Lipinski definition) is 3. The van der Waals surface area contributed by atoms with E-state index in [1.54, 1.807) is 0 Å². The number of likely N-dealkylation sites (tertiary alicyclic amines) is 1. The minimum absolute atomic E-state index is 0.814. The minimum Gasteiger partial charge on any atom is -0.399 e. The fourth-order valence-electron chi connectivity index (χ4n) is 3.75. The van der Waals surface area contributed by atoms with E-state index in [9.17, 15) is 0 Å². The number of piperidine rings is 2. The zero-order chi connectivity index (χ0) is 13.9. The van der Waals surface area contributed by atoms with Gasteiger partial charge in [0, 0.05) is 30.5 Å². The van der Waals surface area contributed by atoms with Crippen molar-refractivity contribution in [2.45, 2.75) is 45.1 Å². The van der Waals surface area contributed by atoms with E-state index in [1.165, 1.54) is 69.5 Å². The molecule has 1 aromatic rings. The lowest BCUT2D eigenvalue weighted by molar-refractivity contribution is 0.141. The number of nitrogen functional groups attached to an aromatic ring is 1. The van der Waals surface area contributed by atoms with Crippen molar-refractivity contribution >= 4 is 11.4 Å². The Bertz CT molecular complexity index is 423. The summed E-state index contributed by atoms with van der Waals surface area (Å²) < 4.78 is 0. The fourth-order valence-corrected chi connectivity index (χ4v) is 3.75. The molecule has 0 bridgehead atoms. The van der Waals surface area contributed by atoms with E-state index in [-0.39, 0.29) is 0 Å². The van der Waals surface area contributed by atoms with E-state index in [0.717, 1.165) is 11.7 Å². The molecule has 0 aliphatic carbocycles. The second-order valence-corrected chi connectivity index (χ2v) is 6.42. The molecule has 0 atom stereocenters. The van der Waals surface area contributed by atoms with Crippen molar-refractivity contribution in [3.8, 4) is 0 Å². The van der Waals surface area contributed by atoms with Crippen LogP contribution in [-0.4, -0.2) is 37.1 Å². The van der Waals surface area contributed by atoms with Crippen LogP contribution in [0.25, 0.3) is 0 Å². The zero-order valence-corrected chi connectivity index (χ0v) is 12.6. The Morgan fingerprint density at radius 1 is 0.950 bits per heavy atom. The molecule has 2 fully saturated rings. The Morgan fingerprint density at radius 3 is 2.30 bits per heavy atom. The highest BCUT2D eigenvalue weighted by molar-refractivity contribution is 5.58. The Hall–Kier alpha value is -1.22. The molecule has 0 radical (unpaired) electrons. The Labute approximate surface area is 122 Å². The molecule has 0 aromatic heterocycles. The Balaban J connectivity index is 1.60. The normalized spacial score (nSPS) is 22.1. The molecule has 3 rings (SSSR count). The molecule has 1 aromatic carbocycles. The standard InChI is InChI=1S/C17H27N3/c1-14-11-15(18)13-17(12-14)20-9-5-16(6-10-20)19-7-3-2-4-8-19/h11-13,16H,2-10,18H2,1H3. The highest BCUT2D eigenvalue weighted by Gasteiger charge is 2.25. The predicted octanol–water partition coefficient (Wildman–Crippen LogP) is 3.03. The first-order chi connectivity index (χ1) is 9.72. The second-order valence-electron chi connectivity index (χ2n) is 6.42. The first-order valence-corrected chi connectivity index (χ1v) is 8.08. The second kappa shape index (κ2) is 6.04. The van der Waals surface area contributed by atoms with Crippen molar-refractivity contribution in [3.05, 3.63) is 23.8 Å². The Kier molecular flexibility index (Phi) is 4.16. The van der Waals surface area contributed by atoms with Gasteiger partial charge in [-0.25, -0.2) is 0 Å². The van der Waals surface area contributed by atoms with Crippen molar-refractivity contribution in [3.63, 3.8) is 0 Å². The van der Waals surface area contributed by atoms with E-state index in [1.807, 2.05) is 6.07 Å². The van der Waals surface area contributed by atoms with Gasteiger partial charge in [0.25, 0.3) is 0 Å². The van der Waals surface area contributed by atoms with Gasteiger partial charge in [0.05, 0.1) is 0 Å². The molecule has 2 aliphatic rings. The first-order valence-electron chi connectivity index (χ1n) is 8.08. The monoisotopic (exact) mass is 273 g/mol. The molecule has 20 heavy (non-hydrogen) atoms. The summed E-state index contributed by atoms with van der Waals surface area (Å²) in [6.07, 6.45) is 6.82. The van der Waals surface area contributed by atoms with Gasteiger partial charge in [-0.15, -0.1) is 0 Å². The summed E-state index contributed by atoms with van der Waals surface area (Å²) in [7, 11) is 0. The van der Waals surface area contributed by atoms with Crippen molar-refractivity contribution in [1.29, 1.82) is 0 Å². The van der Waals surface area contributed by atoms with Gasteiger partial charge >= 0.3 is 0 Å². The van der Waals surface area contributed by atoms with E-state index in [2.05, 4.69) is 28.9 Å². The third kappa shape index (κ3) is 3.09. The molecule has 0 unspecified atom stereocenters. The number of anilines is 2. The third-order valence-corrected chi connectivity index (χ3v) is 4.82.